The summed E-state index contributed by atoms with van der Waals surface area (Å²) in [6, 6.07) is 5.74. The van der Waals surface area contributed by atoms with Gasteiger partial charge in [-0.3, -0.25) is 4.79 Å². The summed E-state index contributed by atoms with van der Waals surface area (Å²) in [5.74, 6) is -0.535. The lowest BCUT2D eigenvalue weighted by Crippen LogP contribution is -2.13. The van der Waals surface area contributed by atoms with Crippen LogP contribution in [0.2, 0.25) is 5.15 Å². The van der Waals surface area contributed by atoms with Crippen molar-refractivity contribution in [1.82, 2.24) is 15.1 Å². The predicted octanol–water partition coefficient (Wildman–Crippen LogP) is 4.59. The number of carbonyl (C=O) groups excluding carboxylic acids is 1. The van der Waals surface area contributed by atoms with Crippen LogP contribution in [-0.4, -0.2) is 20.9 Å². The molecule has 0 fully saturated rings. The van der Waals surface area contributed by atoms with Crippen molar-refractivity contribution < 1.29 is 13.7 Å². The number of thiazole rings is 1. The Hall–Kier alpha value is -2.32. The number of hydrogen-bond donors (Lipinski definition) is 1. The van der Waals surface area contributed by atoms with Gasteiger partial charge in [-0.05, 0) is 24.3 Å². The molecule has 3 rings (SSSR count). The highest BCUT2D eigenvalue weighted by molar-refractivity contribution is 7.18. The number of carbonyl (C=O) groups is 1. The van der Waals surface area contributed by atoms with E-state index in [0.29, 0.717) is 16.6 Å². The van der Waals surface area contributed by atoms with Gasteiger partial charge in [-0.1, -0.05) is 48.9 Å². The lowest BCUT2D eigenvalue weighted by molar-refractivity contribution is 0.0997. The molecular formula is C16H14ClFN4O2S. The van der Waals surface area contributed by atoms with Crippen molar-refractivity contribution in [2.75, 3.05) is 5.32 Å². The molecule has 0 aliphatic carbocycles. The van der Waals surface area contributed by atoms with E-state index in [1.54, 1.807) is 12.1 Å². The molecule has 0 amide bonds. The summed E-state index contributed by atoms with van der Waals surface area (Å²) in [4.78, 5) is 21.0. The second kappa shape index (κ2) is 6.53. The monoisotopic (exact) mass is 380 g/mol. The van der Waals surface area contributed by atoms with E-state index in [4.69, 9.17) is 16.1 Å². The number of anilines is 2. The van der Waals surface area contributed by atoms with E-state index >= 15 is 0 Å². The van der Waals surface area contributed by atoms with E-state index in [0.717, 1.165) is 11.3 Å². The van der Waals surface area contributed by atoms with Gasteiger partial charge in [-0.2, -0.15) is 4.98 Å². The maximum atomic E-state index is 12.9. The summed E-state index contributed by atoms with van der Waals surface area (Å²) in [5.41, 5.74) is 0.285. The van der Waals surface area contributed by atoms with Crippen molar-refractivity contribution in [3.63, 3.8) is 0 Å². The first-order chi connectivity index (χ1) is 11.7. The minimum atomic E-state index is -0.488. The first-order valence-corrected chi connectivity index (χ1v) is 8.51. The fourth-order valence-electron chi connectivity index (χ4n) is 1.87. The third-order valence-electron chi connectivity index (χ3n) is 3.18. The molecule has 0 bridgehead atoms. The molecule has 2 aromatic heterocycles. The van der Waals surface area contributed by atoms with Crippen molar-refractivity contribution in [2.45, 2.75) is 26.2 Å². The molecule has 0 saturated heterocycles. The van der Waals surface area contributed by atoms with E-state index in [1.165, 1.54) is 12.1 Å². The molecule has 1 N–H and O–H groups in total. The summed E-state index contributed by atoms with van der Waals surface area (Å²) in [7, 11) is 0. The molecule has 9 heteroatoms. The maximum Gasteiger partial charge on any atom is 0.300 e. The zero-order valence-corrected chi connectivity index (χ0v) is 15.2. The number of rotatable bonds is 4. The Balaban J connectivity index is 1.83. The van der Waals surface area contributed by atoms with Crippen LogP contribution < -0.4 is 5.32 Å². The first kappa shape index (κ1) is 17.5. The average Bonchev–Trinajstić information content (AvgIpc) is 3.16. The van der Waals surface area contributed by atoms with Gasteiger partial charge in [0, 0.05) is 11.1 Å². The molecule has 0 unspecified atom stereocenters. The molecule has 0 atom stereocenters. The summed E-state index contributed by atoms with van der Waals surface area (Å²) in [6.07, 6.45) is 0. The van der Waals surface area contributed by atoms with Crippen LogP contribution in [0.3, 0.4) is 0 Å². The van der Waals surface area contributed by atoms with Crippen LogP contribution in [-0.2, 0) is 5.41 Å². The Morgan fingerprint density at radius 2 is 1.92 bits per heavy atom. The van der Waals surface area contributed by atoms with E-state index < -0.39 is 5.78 Å². The highest BCUT2D eigenvalue weighted by atomic mass is 35.5. The van der Waals surface area contributed by atoms with Gasteiger partial charge in [0.25, 0.3) is 11.7 Å². The molecule has 0 aliphatic rings. The Labute approximate surface area is 152 Å². The van der Waals surface area contributed by atoms with E-state index in [9.17, 15) is 9.18 Å². The van der Waals surface area contributed by atoms with Gasteiger partial charge in [-0.15, -0.1) is 0 Å². The smallest absolute Gasteiger partial charge is 0.300 e. The third-order valence-corrected chi connectivity index (χ3v) is 4.53. The van der Waals surface area contributed by atoms with Crippen LogP contribution in [0, 0.1) is 5.82 Å². The molecular weight excluding hydrogens is 367 g/mol. The van der Waals surface area contributed by atoms with Crippen LogP contribution >= 0.6 is 22.9 Å². The molecule has 1 aromatic carbocycles. The second-order valence-corrected chi connectivity index (χ2v) is 7.63. The summed E-state index contributed by atoms with van der Waals surface area (Å²) in [6.45, 7) is 5.74. The molecule has 2 heterocycles. The molecule has 0 radical (unpaired) electrons. The SMILES string of the molecule is CC(C)(C)c1noc(C(=O)c2sc(Nc3ccc(F)cc3)nc2Cl)n1. The highest BCUT2D eigenvalue weighted by Crippen LogP contribution is 2.31. The van der Waals surface area contributed by atoms with Gasteiger partial charge in [0.05, 0.1) is 0 Å². The lowest BCUT2D eigenvalue weighted by atomic mass is 9.96. The average molecular weight is 381 g/mol. The van der Waals surface area contributed by atoms with Gasteiger partial charge < -0.3 is 9.84 Å². The van der Waals surface area contributed by atoms with Crippen molar-refractivity contribution >= 4 is 39.5 Å². The van der Waals surface area contributed by atoms with Gasteiger partial charge in [-0.25, -0.2) is 9.37 Å². The maximum absolute atomic E-state index is 12.9. The summed E-state index contributed by atoms with van der Waals surface area (Å²) in [5, 5.41) is 7.23. The Bertz CT molecular complexity index is 915. The van der Waals surface area contributed by atoms with Crippen molar-refractivity contribution in [3.8, 4) is 0 Å². The molecule has 6 nitrogen and oxygen atoms in total. The molecule has 0 aliphatic heterocycles. The first-order valence-electron chi connectivity index (χ1n) is 7.32. The van der Waals surface area contributed by atoms with Gasteiger partial charge in [0.1, 0.15) is 10.7 Å². The Kier molecular flexibility index (Phi) is 4.57. The number of benzene rings is 1. The standard InChI is InChI=1S/C16H14ClFN4O2S/c1-16(2,3)14-21-13(24-22-14)10(23)11-12(17)20-15(25-11)19-9-6-4-8(18)5-7-9/h4-7H,1-3H3,(H,19,20). The summed E-state index contributed by atoms with van der Waals surface area (Å²) < 4.78 is 18.0. The van der Waals surface area contributed by atoms with Gasteiger partial charge >= 0.3 is 0 Å². The predicted molar refractivity (Wildman–Crippen MR) is 93.2 cm³/mol. The number of nitrogens with zero attached hydrogens (tertiary/aromatic N) is 3. The van der Waals surface area contributed by atoms with Crippen LogP contribution in [0.15, 0.2) is 28.8 Å². The fourth-order valence-corrected chi connectivity index (χ4v) is 3.01. The zero-order chi connectivity index (χ0) is 18.2. The van der Waals surface area contributed by atoms with Crippen molar-refractivity contribution in [1.29, 1.82) is 0 Å². The van der Waals surface area contributed by atoms with E-state index in [2.05, 4.69) is 20.4 Å². The number of aromatic nitrogens is 3. The van der Waals surface area contributed by atoms with Crippen LogP contribution in [0.5, 0.6) is 0 Å². The second-order valence-electron chi connectivity index (χ2n) is 6.27. The minimum Gasteiger partial charge on any atom is -0.331 e. The van der Waals surface area contributed by atoms with Crippen molar-refractivity contribution in [3.05, 3.63) is 51.8 Å². The normalized spacial score (nSPS) is 11.6. The zero-order valence-electron chi connectivity index (χ0n) is 13.6. The van der Waals surface area contributed by atoms with Crippen LogP contribution in [0.4, 0.5) is 15.2 Å². The molecule has 3 aromatic rings. The number of nitrogens with one attached hydrogen (secondary N) is 1. The van der Waals surface area contributed by atoms with E-state index in [-0.39, 0.29) is 27.2 Å². The molecule has 0 saturated carbocycles. The number of hydrogen-bond acceptors (Lipinski definition) is 7. The van der Waals surface area contributed by atoms with Crippen molar-refractivity contribution in [2.24, 2.45) is 0 Å². The van der Waals surface area contributed by atoms with Gasteiger partial charge in [0.15, 0.2) is 16.1 Å². The topological polar surface area (TPSA) is 80.9 Å². The molecule has 130 valence electrons. The highest BCUT2D eigenvalue weighted by Gasteiger charge is 2.27. The lowest BCUT2D eigenvalue weighted by Gasteiger charge is -2.10. The Morgan fingerprint density at radius 1 is 1.24 bits per heavy atom. The van der Waals surface area contributed by atoms with Crippen LogP contribution in [0.25, 0.3) is 0 Å². The molecule has 25 heavy (non-hydrogen) atoms. The van der Waals surface area contributed by atoms with Gasteiger partial charge in [0.2, 0.25) is 0 Å². The van der Waals surface area contributed by atoms with Crippen LogP contribution in [0.1, 0.15) is 42.2 Å². The molecule has 0 spiro atoms. The minimum absolute atomic E-state index is 0.0371. The third kappa shape index (κ3) is 3.85. The fraction of sp³-hybridized carbons (Fsp3) is 0.250. The Morgan fingerprint density at radius 3 is 2.52 bits per heavy atom. The number of halogens is 2. The van der Waals surface area contributed by atoms with E-state index in [1.807, 2.05) is 20.8 Å². The summed E-state index contributed by atoms with van der Waals surface area (Å²) >= 11 is 7.12. The number of ketones is 1. The largest absolute Gasteiger partial charge is 0.331 e. The quantitative estimate of drug-likeness (QED) is 0.666.